The summed E-state index contributed by atoms with van der Waals surface area (Å²) in [6.45, 7) is 1.05. The first-order valence-electron chi connectivity index (χ1n) is 13.4. The minimum absolute atomic E-state index is 0.00851. The van der Waals surface area contributed by atoms with Gasteiger partial charge in [-0.25, -0.2) is 4.39 Å². The van der Waals surface area contributed by atoms with E-state index in [0.29, 0.717) is 59.5 Å². The first-order chi connectivity index (χ1) is 20.5. The number of nitrogens with zero attached hydrogens (tertiary/aromatic N) is 1. The lowest BCUT2D eigenvalue weighted by molar-refractivity contribution is -0.126. The number of methoxy groups -OCH3 is 2. The molecule has 1 aliphatic heterocycles. The van der Waals surface area contributed by atoms with Gasteiger partial charge in [-0.1, -0.05) is 18.2 Å². The van der Waals surface area contributed by atoms with E-state index in [0.717, 1.165) is 5.56 Å². The third-order valence-corrected chi connectivity index (χ3v) is 6.86. The van der Waals surface area contributed by atoms with Crippen LogP contribution >= 0.6 is 0 Å². The second kappa shape index (κ2) is 13.1. The van der Waals surface area contributed by atoms with E-state index in [4.69, 9.17) is 23.4 Å². The SMILES string of the molecule is COc1ccc(CCNC(=O)[C@@H](c2ccc(F)cc2)N(Cc2ccco2)C(=O)c2ccc3c(c2)OCCO3)cc1OC. The normalized spacial score (nSPS) is 12.7. The van der Waals surface area contributed by atoms with Crippen LogP contribution in [0.3, 0.4) is 0 Å². The molecule has 0 unspecified atom stereocenters. The van der Waals surface area contributed by atoms with Gasteiger partial charge < -0.3 is 33.6 Å². The smallest absolute Gasteiger partial charge is 0.255 e. The van der Waals surface area contributed by atoms with Crippen molar-refractivity contribution in [2.75, 3.05) is 34.0 Å². The summed E-state index contributed by atoms with van der Waals surface area (Å²) in [5, 5.41) is 2.95. The zero-order chi connectivity index (χ0) is 29.5. The van der Waals surface area contributed by atoms with Gasteiger partial charge in [-0.05, 0) is 72.1 Å². The largest absolute Gasteiger partial charge is 0.493 e. The summed E-state index contributed by atoms with van der Waals surface area (Å²) in [5.74, 6) is 1.33. The predicted octanol–water partition coefficient (Wildman–Crippen LogP) is 4.95. The Morgan fingerprint density at radius 3 is 2.40 bits per heavy atom. The molecule has 0 radical (unpaired) electrons. The van der Waals surface area contributed by atoms with Crippen LogP contribution in [0.1, 0.15) is 33.3 Å². The molecule has 0 saturated heterocycles. The highest BCUT2D eigenvalue weighted by atomic mass is 19.1. The van der Waals surface area contributed by atoms with Crippen molar-refractivity contribution in [1.82, 2.24) is 10.2 Å². The van der Waals surface area contributed by atoms with Crippen LogP contribution in [0.4, 0.5) is 4.39 Å². The van der Waals surface area contributed by atoms with Crippen LogP contribution < -0.4 is 24.3 Å². The van der Waals surface area contributed by atoms with Crippen LogP contribution in [0, 0.1) is 5.82 Å². The van der Waals surface area contributed by atoms with Crippen molar-refractivity contribution < 1.29 is 37.3 Å². The molecule has 218 valence electrons. The second-order valence-corrected chi connectivity index (χ2v) is 9.56. The van der Waals surface area contributed by atoms with E-state index in [2.05, 4.69) is 5.32 Å². The molecule has 0 bridgehead atoms. The molecule has 5 rings (SSSR count). The molecule has 1 aliphatic rings. The van der Waals surface area contributed by atoms with Gasteiger partial charge in [-0.15, -0.1) is 0 Å². The molecule has 4 aromatic rings. The Labute approximate surface area is 242 Å². The van der Waals surface area contributed by atoms with Gasteiger partial charge in [0, 0.05) is 12.1 Å². The highest BCUT2D eigenvalue weighted by molar-refractivity contribution is 5.98. The number of halogens is 1. The Morgan fingerprint density at radius 2 is 1.69 bits per heavy atom. The maximum atomic E-state index is 14.1. The standard InChI is InChI=1S/C32H31FN2O7/c1-38-26-11-5-21(18-28(26)39-2)13-14-34-31(36)30(22-6-9-24(33)10-7-22)35(20-25-4-3-15-40-25)32(37)23-8-12-27-29(19-23)42-17-16-41-27/h3-12,15,18-19,30H,13-14,16-17,20H2,1-2H3,(H,34,36)/t30-/m1/s1. The number of nitrogens with one attached hydrogen (secondary N) is 1. The van der Waals surface area contributed by atoms with Crippen molar-refractivity contribution in [2.45, 2.75) is 19.0 Å². The fraction of sp³-hybridized carbons (Fsp3) is 0.250. The number of carbonyl (C=O) groups excluding carboxylic acids is 2. The van der Waals surface area contributed by atoms with Crippen LogP contribution in [-0.2, 0) is 17.8 Å². The number of furan rings is 1. The molecule has 2 heterocycles. The summed E-state index contributed by atoms with van der Waals surface area (Å²) in [7, 11) is 3.12. The molecule has 0 spiro atoms. The molecule has 9 nitrogen and oxygen atoms in total. The topological polar surface area (TPSA) is 99.5 Å². The number of rotatable bonds is 11. The van der Waals surface area contributed by atoms with E-state index < -0.39 is 23.7 Å². The number of fused-ring (bicyclic) bond motifs is 1. The van der Waals surface area contributed by atoms with Gasteiger partial charge in [-0.2, -0.15) is 0 Å². The molecule has 2 amide bonds. The molecule has 1 aromatic heterocycles. The fourth-order valence-electron chi connectivity index (χ4n) is 4.77. The van der Waals surface area contributed by atoms with E-state index in [9.17, 15) is 14.0 Å². The molecule has 1 atom stereocenters. The third kappa shape index (κ3) is 6.49. The minimum Gasteiger partial charge on any atom is -0.493 e. The van der Waals surface area contributed by atoms with Crippen molar-refractivity contribution in [3.63, 3.8) is 0 Å². The number of hydrogen-bond acceptors (Lipinski definition) is 7. The van der Waals surface area contributed by atoms with Gasteiger partial charge in [0.15, 0.2) is 23.0 Å². The number of amides is 2. The van der Waals surface area contributed by atoms with Crippen molar-refractivity contribution >= 4 is 11.8 Å². The first-order valence-corrected chi connectivity index (χ1v) is 13.4. The van der Waals surface area contributed by atoms with Gasteiger partial charge >= 0.3 is 0 Å². The van der Waals surface area contributed by atoms with Crippen LogP contribution in [0.25, 0.3) is 0 Å². The van der Waals surface area contributed by atoms with Gasteiger partial charge in [0.05, 0.1) is 27.0 Å². The molecule has 0 fully saturated rings. The quantitative estimate of drug-likeness (QED) is 0.271. The average molecular weight is 575 g/mol. The van der Waals surface area contributed by atoms with Gasteiger partial charge in [0.1, 0.15) is 30.8 Å². The summed E-state index contributed by atoms with van der Waals surface area (Å²) in [6, 6.07) is 18.3. The van der Waals surface area contributed by atoms with Gasteiger partial charge in [0.25, 0.3) is 5.91 Å². The van der Waals surface area contributed by atoms with E-state index in [1.54, 1.807) is 50.6 Å². The van der Waals surface area contributed by atoms with Crippen LogP contribution in [0.5, 0.6) is 23.0 Å². The summed E-state index contributed by atoms with van der Waals surface area (Å²) >= 11 is 0. The van der Waals surface area contributed by atoms with E-state index in [-0.39, 0.29) is 13.1 Å². The lowest BCUT2D eigenvalue weighted by Crippen LogP contribution is -2.44. The second-order valence-electron chi connectivity index (χ2n) is 9.56. The number of ether oxygens (including phenoxy) is 4. The average Bonchev–Trinajstić information content (AvgIpc) is 3.54. The molecule has 3 aromatic carbocycles. The summed E-state index contributed by atoms with van der Waals surface area (Å²) < 4.78 is 41.4. The van der Waals surface area contributed by atoms with Crippen molar-refractivity contribution in [3.8, 4) is 23.0 Å². The van der Waals surface area contributed by atoms with Crippen molar-refractivity contribution in [1.29, 1.82) is 0 Å². The molecule has 0 aliphatic carbocycles. The fourth-order valence-corrected chi connectivity index (χ4v) is 4.77. The van der Waals surface area contributed by atoms with Gasteiger partial charge in [0.2, 0.25) is 5.91 Å². The molecule has 42 heavy (non-hydrogen) atoms. The first kappa shape index (κ1) is 28.5. The highest BCUT2D eigenvalue weighted by Crippen LogP contribution is 2.33. The zero-order valence-electron chi connectivity index (χ0n) is 23.3. The lowest BCUT2D eigenvalue weighted by Gasteiger charge is -2.31. The Bertz CT molecular complexity index is 1520. The maximum Gasteiger partial charge on any atom is 0.255 e. The number of carbonyl (C=O) groups is 2. The molecule has 10 heteroatoms. The number of hydrogen-bond donors (Lipinski definition) is 1. The molecular weight excluding hydrogens is 543 g/mol. The summed E-state index contributed by atoms with van der Waals surface area (Å²) in [6.07, 6.45) is 1.99. The van der Waals surface area contributed by atoms with Crippen LogP contribution in [0.15, 0.2) is 83.5 Å². The Kier molecular flexibility index (Phi) is 8.91. The monoisotopic (exact) mass is 574 g/mol. The molecule has 0 saturated carbocycles. The zero-order valence-corrected chi connectivity index (χ0v) is 23.3. The Hall–Kier alpha value is -4.99. The van der Waals surface area contributed by atoms with E-state index in [1.807, 2.05) is 12.1 Å². The van der Waals surface area contributed by atoms with Crippen LogP contribution in [-0.4, -0.2) is 50.7 Å². The summed E-state index contributed by atoms with van der Waals surface area (Å²) in [5.41, 5.74) is 1.67. The highest BCUT2D eigenvalue weighted by Gasteiger charge is 2.33. The Balaban J connectivity index is 1.44. The molecular formula is C32H31FN2O7. The van der Waals surface area contributed by atoms with Crippen molar-refractivity contribution in [3.05, 3.63) is 107 Å². The lowest BCUT2D eigenvalue weighted by atomic mass is 10.0. The molecule has 1 N–H and O–H groups in total. The van der Waals surface area contributed by atoms with E-state index >= 15 is 0 Å². The minimum atomic E-state index is -1.10. The van der Waals surface area contributed by atoms with Crippen LogP contribution in [0.2, 0.25) is 0 Å². The van der Waals surface area contributed by atoms with Gasteiger partial charge in [-0.3, -0.25) is 9.59 Å². The summed E-state index contributed by atoms with van der Waals surface area (Å²) in [4.78, 5) is 29.3. The predicted molar refractivity (Wildman–Crippen MR) is 151 cm³/mol. The maximum absolute atomic E-state index is 14.1. The van der Waals surface area contributed by atoms with E-state index in [1.165, 1.54) is 35.4 Å². The Morgan fingerprint density at radius 1 is 0.929 bits per heavy atom. The third-order valence-electron chi connectivity index (χ3n) is 6.86. The van der Waals surface area contributed by atoms with Crippen molar-refractivity contribution in [2.24, 2.45) is 0 Å². The number of benzene rings is 3.